The molecule has 2 fully saturated rings. The Morgan fingerprint density at radius 3 is 1.40 bits per heavy atom. The number of piperidine rings is 2. The summed E-state index contributed by atoms with van der Waals surface area (Å²) in [5, 5.41) is 10.2. The molecule has 0 spiro atoms. The van der Waals surface area contributed by atoms with Crippen molar-refractivity contribution in [1.82, 2.24) is 20.9 Å². The van der Waals surface area contributed by atoms with Crippen LogP contribution in [0.15, 0.2) is 0 Å². The van der Waals surface area contributed by atoms with Crippen LogP contribution in [0, 0.1) is 0 Å². The maximum absolute atomic E-state index is 12.5. The molecule has 204 valence electrons. The van der Waals surface area contributed by atoms with E-state index in [1.807, 2.05) is 0 Å². The van der Waals surface area contributed by atoms with Crippen molar-refractivity contribution in [2.75, 3.05) is 7.05 Å². The highest BCUT2D eigenvalue weighted by molar-refractivity contribution is 5.76. The van der Waals surface area contributed by atoms with Gasteiger partial charge >= 0.3 is 0 Å². The van der Waals surface area contributed by atoms with Crippen LogP contribution in [0.4, 0.5) is 0 Å². The summed E-state index contributed by atoms with van der Waals surface area (Å²) in [6.45, 7) is 17.9. The number of rotatable bonds is 11. The van der Waals surface area contributed by atoms with Gasteiger partial charge in [-0.3, -0.25) is 14.5 Å². The number of amides is 2. The predicted octanol–water partition coefficient (Wildman–Crippen LogP) is 5.30. The second-order valence-corrected chi connectivity index (χ2v) is 14.0. The largest absolute Gasteiger partial charge is 0.353 e. The van der Waals surface area contributed by atoms with Crippen LogP contribution < -0.4 is 16.0 Å². The molecule has 0 radical (unpaired) electrons. The molecule has 2 aliphatic heterocycles. The zero-order chi connectivity index (χ0) is 26.5. The van der Waals surface area contributed by atoms with Gasteiger partial charge in [-0.05, 0) is 101 Å². The van der Waals surface area contributed by atoms with Crippen LogP contribution >= 0.6 is 0 Å². The van der Waals surface area contributed by atoms with Crippen molar-refractivity contribution in [2.45, 2.75) is 167 Å². The second kappa shape index (κ2) is 11.9. The van der Waals surface area contributed by atoms with E-state index in [0.29, 0.717) is 12.8 Å². The first-order chi connectivity index (χ1) is 16.0. The minimum absolute atomic E-state index is 0.0525. The molecule has 0 aromatic heterocycles. The van der Waals surface area contributed by atoms with E-state index in [1.165, 1.54) is 0 Å². The van der Waals surface area contributed by atoms with E-state index in [4.69, 9.17) is 0 Å². The van der Waals surface area contributed by atoms with Crippen LogP contribution in [-0.4, -0.2) is 58.0 Å². The Kier molecular flexibility index (Phi) is 10.3. The Morgan fingerprint density at radius 2 is 1.00 bits per heavy atom. The van der Waals surface area contributed by atoms with E-state index in [-0.39, 0.29) is 46.1 Å². The van der Waals surface area contributed by atoms with Gasteiger partial charge in [0.2, 0.25) is 11.8 Å². The number of carbonyl (C=O) groups excluding carboxylic acids is 2. The minimum Gasteiger partial charge on any atom is -0.353 e. The molecule has 0 unspecified atom stereocenters. The average molecular weight is 493 g/mol. The Hall–Kier alpha value is -1.14. The van der Waals surface area contributed by atoms with Crippen LogP contribution in [0.25, 0.3) is 0 Å². The molecule has 2 heterocycles. The molecule has 2 rings (SSSR count). The number of hydrogen-bond acceptors (Lipinski definition) is 4. The van der Waals surface area contributed by atoms with Gasteiger partial charge in [0.15, 0.2) is 0 Å². The van der Waals surface area contributed by atoms with Gasteiger partial charge in [0.05, 0.1) is 0 Å². The predicted molar refractivity (Wildman–Crippen MR) is 146 cm³/mol. The molecule has 0 aromatic carbocycles. The molecule has 2 amide bonds. The summed E-state index contributed by atoms with van der Waals surface area (Å²) in [5.74, 6) is 0.396. The lowest BCUT2D eigenvalue weighted by molar-refractivity contribution is -0.124. The van der Waals surface area contributed by atoms with Crippen molar-refractivity contribution in [2.24, 2.45) is 0 Å². The van der Waals surface area contributed by atoms with Gasteiger partial charge in [0, 0.05) is 47.1 Å². The lowest BCUT2D eigenvalue weighted by Crippen LogP contribution is -2.62. The number of carbonyl (C=O) groups is 2. The Morgan fingerprint density at radius 1 is 0.657 bits per heavy atom. The van der Waals surface area contributed by atoms with E-state index >= 15 is 0 Å². The van der Waals surface area contributed by atoms with Crippen LogP contribution in [-0.2, 0) is 9.59 Å². The molecular formula is C29H56N4O2. The van der Waals surface area contributed by atoms with Gasteiger partial charge < -0.3 is 16.0 Å². The number of unbranched alkanes of at least 4 members (excludes halogenated alkanes) is 5. The van der Waals surface area contributed by atoms with E-state index in [9.17, 15) is 9.59 Å². The topological polar surface area (TPSA) is 73.5 Å². The molecule has 0 saturated carbocycles. The fraction of sp³-hybridized carbons (Fsp3) is 0.931. The molecule has 0 aromatic rings. The van der Waals surface area contributed by atoms with Gasteiger partial charge in [-0.15, -0.1) is 0 Å². The lowest BCUT2D eigenvalue weighted by atomic mass is 9.77. The smallest absolute Gasteiger partial charge is 0.220 e. The zero-order valence-corrected chi connectivity index (χ0v) is 24.4. The summed E-state index contributed by atoms with van der Waals surface area (Å²) < 4.78 is 0. The first-order valence-electron chi connectivity index (χ1n) is 14.1. The van der Waals surface area contributed by atoms with Crippen molar-refractivity contribution in [1.29, 1.82) is 0 Å². The van der Waals surface area contributed by atoms with Gasteiger partial charge in [-0.25, -0.2) is 0 Å². The molecule has 6 nitrogen and oxygen atoms in total. The Labute approximate surface area is 216 Å². The molecule has 2 aliphatic rings. The van der Waals surface area contributed by atoms with Gasteiger partial charge in [-0.2, -0.15) is 0 Å². The third-order valence-corrected chi connectivity index (χ3v) is 8.29. The molecule has 35 heavy (non-hydrogen) atoms. The Balaban J connectivity index is 1.53. The number of nitrogens with one attached hydrogen (secondary N) is 3. The van der Waals surface area contributed by atoms with Crippen LogP contribution in [0.3, 0.4) is 0 Å². The third-order valence-electron chi connectivity index (χ3n) is 8.29. The molecule has 0 bridgehead atoms. The van der Waals surface area contributed by atoms with Crippen LogP contribution in [0.1, 0.15) is 132 Å². The van der Waals surface area contributed by atoms with Crippen LogP contribution in [0.5, 0.6) is 0 Å². The maximum atomic E-state index is 12.5. The minimum atomic E-state index is 0.0525. The van der Waals surface area contributed by atoms with Crippen molar-refractivity contribution in [3.05, 3.63) is 0 Å². The molecule has 2 saturated heterocycles. The standard InChI is InChI=1S/C29H56N4O2/c1-26(2)18-22(19-27(3,4)32-26)30-24(34)16-14-12-10-11-13-15-17-25(35)31-23-20-28(5,6)33(9)29(7,8)21-23/h22-23,32H,10-21H2,1-9H3,(H,30,34)(H,31,35). The summed E-state index contributed by atoms with van der Waals surface area (Å²) in [7, 11) is 2.19. The fourth-order valence-electron chi connectivity index (χ4n) is 6.78. The first-order valence-corrected chi connectivity index (χ1v) is 14.1. The average Bonchev–Trinajstić information content (AvgIpc) is 2.65. The molecule has 0 aliphatic carbocycles. The number of nitrogens with zero attached hydrogens (tertiary/aromatic N) is 1. The molecule has 6 heteroatoms. The van der Waals surface area contributed by atoms with Gasteiger partial charge in [0.25, 0.3) is 0 Å². The highest BCUT2D eigenvalue weighted by Gasteiger charge is 2.43. The zero-order valence-electron chi connectivity index (χ0n) is 24.4. The van der Waals surface area contributed by atoms with Crippen molar-refractivity contribution in [3.8, 4) is 0 Å². The molecule has 3 N–H and O–H groups in total. The summed E-state index contributed by atoms with van der Waals surface area (Å²) >= 11 is 0. The maximum Gasteiger partial charge on any atom is 0.220 e. The van der Waals surface area contributed by atoms with E-state index < -0.39 is 0 Å². The normalized spacial score (nSPS) is 24.1. The Bertz CT molecular complexity index is 679. The quantitative estimate of drug-likeness (QED) is 0.342. The highest BCUT2D eigenvalue weighted by Crippen LogP contribution is 2.36. The van der Waals surface area contributed by atoms with Crippen molar-refractivity contribution >= 4 is 11.8 Å². The van der Waals surface area contributed by atoms with Gasteiger partial charge in [0.1, 0.15) is 0 Å². The summed E-state index contributed by atoms with van der Waals surface area (Å²) in [4.78, 5) is 27.4. The summed E-state index contributed by atoms with van der Waals surface area (Å²) in [6.07, 6.45) is 11.5. The van der Waals surface area contributed by atoms with Crippen molar-refractivity contribution < 1.29 is 9.59 Å². The van der Waals surface area contributed by atoms with Gasteiger partial charge in [-0.1, -0.05) is 25.7 Å². The second-order valence-electron chi connectivity index (χ2n) is 14.0. The first kappa shape index (κ1) is 30.1. The summed E-state index contributed by atoms with van der Waals surface area (Å²) in [5.41, 5.74) is 0.294. The highest BCUT2D eigenvalue weighted by atomic mass is 16.2. The third kappa shape index (κ3) is 10.0. The van der Waals surface area contributed by atoms with E-state index in [1.54, 1.807) is 0 Å². The fourth-order valence-corrected chi connectivity index (χ4v) is 6.78. The molecular weight excluding hydrogens is 436 g/mol. The van der Waals surface area contributed by atoms with Crippen molar-refractivity contribution in [3.63, 3.8) is 0 Å². The lowest BCUT2D eigenvalue weighted by Gasteiger charge is -2.53. The molecule has 0 atom stereocenters. The van der Waals surface area contributed by atoms with E-state index in [2.05, 4.69) is 83.3 Å². The monoisotopic (exact) mass is 492 g/mol. The van der Waals surface area contributed by atoms with Crippen LogP contribution in [0.2, 0.25) is 0 Å². The van der Waals surface area contributed by atoms with E-state index in [0.717, 1.165) is 64.2 Å². The number of likely N-dealkylation sites (tertiary alicyclic amines) is 1. The summed E-state index contributed by atoms with van der Waals surface area (Å²) in [6, 6.07) is 0.517. The number of hydrogen-bond donors (Lipinski definition) is 3. The SMILES string of the molecule is CN1C(C)(C)CC(NC(=O)CCCCCCCCC(=O)NC2CC(C)(C)NC(C)(C)C2)CC1(C)C.